The molecule has 1 aliphatic rings. The molecule has 1 saturated heterocycles. The van der Waals surface area contributed by atoms with Crippen LogP contribution in [0.2, 0.25) is 0 Å². The molecule has 3 aromatic rings. The van der Waals surface area contributed by atoms with Crippen LogP contribution in [0.3, 0.4) is 0 Å². The van der Waals surface area contributed by atoms with Crippen molar-refractivity contribution in [3.05, 3.63) is 71.8 Å². The average molecular weight is 405 g/mol. The Hall–Kier alpha value is -3.05. The minimum Gasteiger partial charge on any atom is -0.493 e. The fraction of sp³-hybridized carbons (Fsp3) is 0.320. The lowest BCUT2D eigenvalue weighted by Gasteiger charge is -2.30. The van der Waals surface area contributed by atoms with Crippen LogP contribution in [0.25, 0.3) is 10.8 Å². The van der Waals surface area contributed by atoms with Gasteiger partial charge in [0.15, 0.2) is 11.5 Å². The molecule has 5 nitrogen and oxygen atoms in total. The van der Waals surface area contributed by atoms with Crippen molar-refractivity contribution in [1.82, 2.24) is 5.01 Å². The molecule has 1 fully saturated rings. The lowest BCUT2D eigenvalue weighted by atomic mass is 10.0. The number of fused-ring (bicyclic) bond motifs is 1. The zero-order chi connectivity index (χ0) is 20.8. The molecule has 1 N–H and O–H groups in total. The van der Waals surface area contributed by atoms with E-state index in [4.69, 9.17) is 14.6 Å². The van der Waals surface area contributed by atoms with Crippen LogP contribution in [-0.4, -0.2) is 51.1 Å². The molecule has 0 bridgehead atoms. The maximum Gasteiger partial charge on any atom is 0.161 e. The molecule has 1 aliphatic heterocycles. The number of piperazine rings is 1. The second-order valence-electron chi connectivity index (χ2n) is 7.61. The Morgan fingerprint density at radius 1 is 1.00 bits per heavy atom. The maximum atomic E-state index is 5.58. The topological polar surface area (TPSA) is 38.5 Å². The van der Waals surface area contributed by atoms with Crippen LogP contribution in [0.4, 0.5) is 0 Å². The van der Waals surface area contributed by atoms with Crippen LogP contribution in [-0.2, 0) is 6.54 Å². The highest BCUT2D eigenvalue weighted by molar-refractivity contribution is 5.85. The van der Waals surface area contributed by atoms with Gasteiger partial charge in [-0.1, -0.05) is 42.5 Å². The third-order valence-electron chi connectivity index (χ3n) is 5.62. The number of ether oxygens (including phenoxy) is 2. The van der Waals surface area contributed by atoms with Gasteiger partial charge in [0.25, 0.3) is 0 Å². The quantitative estimate of drug-likeness (QED) is 0.616. The molecule has 0 unspecified atom stereocenters. The molecule has 4 rings (SSSR count). The summed E-state index contributed by atoms with van der Waals surface area (Å²) in [5.41, 5.74) is 2.45. The van der Waals surface area contributed by atoms with Gasteiger partial charge in [-0.3, -0.25) is 5.01 Å². The molecule has 1 heterocycles. The van der Waals surface area contributed by atoms with Crippen LogP contribution < -0.4 is 14.4 Å². The number of quaternary nitrogens is 1. The Balaban J connectivity index is 1.34. The molecule has 5 heteroatoms. The van der Waals surface area contributed by atoms with E-state index in [9.17, 15) is 0 Å². The summed E-state index contributed by atoms with van der Waals surface area (Å²) < 4.78 is 11.0. The first kappa shape index (κ1) is 20.2. The molecule has 0 saturated carbocycles. The zero-order valence-electron chi connectivity index (χ0n) is 17.8. The highest BCUT2D eigenvalue weighted by Crippen LogP contribution is 2.27. The Morgan fingerprint density at radius 3 is 2.60 bits per heavy atom. The lowest BCUT2D eigenvalue weighted by Crippen LogP contribution is -3.13. The highest BCUT2D eigenvalue weighted by atomic mass is 16.5. The van der Waals surface area contributed by atoms with Gasteiger partial charge < -0.3 is 14.4 Å². The third kappa shape index (κ3) is 4.74. The molecule has 0 aliphatic carbocycles. The van der Waals surface area contributed by atoms with Gasteiger partial charge >= 0.3 is 0 Å². The Kier molecular flexibility index (Phi) is 6.50. The summed E-state index contributed by atoms with van der Waals surface area (Å²) in [7, 11) is 1.66. The van der Waals surface area contributed by atoms with E-state index < -0.39 is 0 Å². The van der Waals surface area contributed by atoms with Crippen molar-refractivity contribution in [3.8, 4) is 11.5 Å². The van der Waals surface area contributed by atoms with E-state index >= 15 is 0 Å². The smallest absolute Gasteiger partial charge is 0.161 e. The lowest BCUT2D eigenvalue weighted by molar-refractivity contribution is -0.918. The zero-order valence-corrected chi connectivity index (χ0v) is 17.8. The fourth-order valence-electron chi connectivity index (χ4n) is 4.01. The number of nitrogens with zero attached hydrogens (tertiary/aromatic N) is 2. The standard InChI is InChI=1S/C25H29N3O2/c1-3-30-24-12-11-20(17-25(24)29-2)18-26-28-15-13-27(14-16-28)19-22-9-6-8-21-7-4-5-10-23(21)22/h4-12,17-18H,3,13-16,19H2,1-2H3/p+1/b26-18-. The van der Waals surface area contributed by atoms with Crippen molar-refractivity contribution < 1.29 is 14.4 Å². The summed E-state index contributed by atoms with van der Waals surface area (Å²) in [5, 5.41) is 9.55. The van der Waals surface area contributed by atoms with Gasteiger partial charge in [0.1, 0.15) is 6.54 Å². The molecule has 30 heavy (non-hydrogen) atoms. The molecule has 0 atom stereocenters. The summed E-state index contributed by atoms with van der Waals surface area (Å²) in [6, 6.07) is 21.2. The first-order valence-electron chi connectivity index (χ1n) is 10.7. The number of benzene rings is 3. The minimum atomic E-state index is 0.620. The highest BCUT2D eigenvalue weighted by Gasteiger charge is 2.19. The van der Waals surface area contributed by atoms with Crippen LogP contribution in [0.15, 0.2) is 65.8 Å². The van der Waals surface area contributed by atoms with E-state index in [2.05, 4.69) is 47.5 Å². The molecular formula is C25H30N3O2+. The SMILES string of the molecule is CCOc1ccc(/C=N\N2CC[NH+](Cc3cccc4ccccc34)CC2)cc1OC. The van der Waals surface area contributed by atoms with Crippen molar-refractivity contribution in [2.24, 2.45) is 5.10 Å². The van der Waals surface area contributed by atoms with Crippen molar-refractivity contribution in [1.29, 1.82) is 0 Å². The van der Waals surface area contributed by atoms with Gasteiger partial charge in [0.05, 0.1) is 46.1 Å². The summed E-state index contributed by atoms with van der Waals surface area (Å²) in [6.45, 7) is 7.76. The van der Waals surface area contributed by atoms with E-state index in [1.807, 2.05) is 31.3 Å². The van der Waals surface area contributed by atoms with Crippen molar-refractivity contribution >= 4 is 17.0 Å². The van der Waals surface area contributed by atoms with Crippen molar-refractivity contribution in [3.63, 3.8) is 0 Å². The molecule has 3 aromatic carbocycles. The molecule has 0 spiro atoms. The predicted octanol–water partition coefficient (Wildman–Crippen LogP) is 2.98. The molecule has 0 amide bonds. The summed E-state index contributed by atoms with van der Waals surface area (Å²) in [5.74, 6) is 1.51. The Bertz CT molecular complexity index is 1000. The summed E-state index contributed by atoms with van der Waals surface area (Å²) in [6.07, 6.45) is 1.91. The average Bonchev–Trinajstić information content (AvgIpc) is 2.80. The van der Waals surface area contributed by atoms with Gasteiger partial charge in [-0.15, -0.1) is 0 Å². The van der Waals surface area contributed by atoms with Crippen LogP contribution in [0.5, 0.6) is 11.5 Å². The molecule has 0 radical (unpaired) electrons. The van der Waals surface area contributed by atoms with Crippen LogP contribution in [0.1, 0.15) is 18.1 Å². The second kappa shape index (κ2) is 9.63. The fourth-order valence-corrected chi connectivity index (χ4v) is 4.01. The first-order chi connectivity index (χ1) is 14.8. The largest absolute Gasteiger partial charge is 0.493 e. The Labute approximate surface area is 178 Å². The van der Waals surface area contributed by atoms with Crippen LogP contribution >= 0.6 is 0 Å². The van der Waals surface area contributed by atoms with E-state index in [0.717, 1.165) is 49.8 Å². The summed E-state index contributed by atoms with van der Waals surface area (Å²) in [4.78, 5) is 1.61. The monoisotopic (exact) mass is 404 g/mol. The number of hydrogen-bond acceptors (Lipinski definition) is 4. The normalized spacial score (nSPS) is 15.1. The third-order valence-corrected chi connectivity index (χ3v) is 5.62. The predicted molar refractivity (Wildman–Crippen MR) is 122 cm³/mol. The Morgan fingerprint density at radius 2 is 1.80 bits per heavy atom. The van der Waals surface area contributed by atoms with Crippen LogP contribution in [0, 0.1) is 0 Å². The molecular weight excluding hydrogens is 374 g/mol. The van der Waals surface area contributed by atoms with E-state index in [-0.39, 0.29) is 0 Å². The van der Waals surface area contributed by atoms with E-state index in [0.29, 0.717) is 6.61 Å². The molecule has 0 aromatic heterocycles. The van der Waals surface area contributed by atoms with Gasteiger partial charge in [0.2, 0.25) is 0 Å². The number of rotatable bonds is 7. The summed E-state index contributed by atoms with van der Waals surface area (Å²) >= 11 is 0. The van der Waals surface area contributed by atoms with Crippen molar-refractivity contribution in [2.75, 3.05) is 39.9 Å². The first-order valence-corrected chi connectivity index (χ1v) is 10.7. The number of methoxy groups -OCH3 is 1. The number of hydrazone groups is 1. The van der Waals surface area contributed by atoms with Gasteiger partial charge in [0, 0.05) is 5.56 Å². The number of nitrogens with one attached hydrogen (secondary N) is 1. The van der Waals surface area contributed by atoms with Crippen molar-refractivity contribution in [2.45, 2.75) is 13.5 Å². The van der Waals surface area contributed by atoms with Gasteiger partial charge in [-0.05, 0) is 41.5 Å². The van der Waals surface area contributed by atoms with E-state index in [1.165, 1.54) is 16.3 Å². The molecule has 156 valence electrons. The van der Waals surface area contributed by atoms with Gasteiger partial charge in [-0.2, -0.15) is 5.10 Å². The maximum absolute atomic E-state index is 5.58. The van der Waals surface area contributed by atoms with E-state index in [1.54, 1.807) is 12.0 Å². The van der Waals surface area contributed by atoms with Gasteiger partial charge in [-0.25, -0.2) is 0 Å². The number of hydrogen-bond donors (Lipinski definition) is 1. The minimum absolute atomic E-state index is 0.620. The second-order valence-corrected chi connectivity index (χ2v) is 7.61.